The summed E-state index contributed by atoms with van der Waals surface area (Å²) in [6.07, 6.45) is 6.36. The van der Waals surface area contributed by atoms with Gasteiger partial charge >= 0.3 is 5.97 Å². The van der Waals surface area contributed by atoms with Crippen LogP contribution in [0.1, 0.15) is 88.7 Å². The lowest BCUT2D eigenvalue weighted by Crippen LogP contribution is -2.42. The molecule has 0 radical (unpaired) electrons. The molecule has 47 heavy (non-hydrogen) atoms. The van der Waals surface area contributed by atoms with Crippen molar-refractivity contribution >= 4 is 11.7 Å². The number of ether oxygens (including phenoxy) is 2. The first-order valence-corrected chi connectivity index (χ1v) is 16.5. The Morgan fingerprint density at radius 3 is 2.32 bits per heavy atom. The summed E-state index contributed by atoms with van der Waals surface area (Å²) in [5, 5.41) is 35.2. The first-order chi connectivity index (χ1) is 22.7. The lowest BCUT2D eigenvalue weighted by atomic mass is 9.55. The number of esters is 1. The Labute approximate surface area is 272 Å². The fourth-order valence-corrected chi connectivity index (χ4v) is 9.53. The maximum Gasteiger partial charge on any atom is 0.340 e. The van der Waals surface area contributed by atoms with E-state index in [1.54, 1.807) is 30.3 Å². The maximum atomic E-state index is 13.3. The second-order valence-corrected chi connectivity index (χ2v) is 14.0. The highest BCUT2D eigenvalue weighted by Gasteiger charge is 2.55. The summed E-state index contributed by atoms with van der Waals surface area (Å²) in [4.78, 5) is 19.4. The third-order valence-electron chi connectivity index (χ3n) is 11.7. The highest BCUT2D eigenvalue weighted by Crippen LogP contribution is 2.60. The zero-order chi connectivity index (χ0) is 32.1. The molecule has 8 nitrogen and oxygen atoms in total. The largest absolute Gasteiger partial charge is 0.508 e. The summed E-state index contributed by atoms with van der Waals surface area (Å²) in [5.74, 6) is 2.31. The van der Waals surface area contributed by atoms with Gasteiger partial charge in [0, 0.05) is 34.2 Å². The van der Waals surface area contributed by atoms with E-state index >= 15 is 0 Å². The number of hydrogen-bond acceptors (Lipinski definition) is 8. The zero-order valence-corrected chi connectivity index (χ0v) is 26.0. The maximum absolute atomic E-state index is 13.3. The predicted octanol–water partition coefficient (Wildman–Crippen LogP) is 7.80. The molecule has 4 atom stereocenters. The minimum Gasteiger partial charge on any atom is -0.508 e. The standard InChI is InChI=1S/C39H35NO7/c1-38-15-14-27-26-9-4-23(41)17-22(26)3-8-28(27)30(38)12-13-36(38)40-45-20-21-2-7-29-33(16-21)39(47-37(29)44)31-10-5-24(42)18-34(31)46-35-19-25(43)6-11-32(35)39/h2,4-7,9-11,16-19,27-28,30,41-43H,3,8,12-15,20H2,1H3/b40-36-/t27-,28-,30+,38+/m1/s1. The van der Waals surface area contributed by atoms with Gasteiger partial charge < -0.3 is 29.6 Å². The number of rotatable bonds is 3. The van der Waals surface area contributed by atoms with Gasteiger partial charge in [0.2, 0.25) is 0 Å². The molecule has 2 heterocycles. The number of fused-ring (bicyclic) bond motifs is 11. The number of nitrogens with zero attached hydrogens (tertiary/aromatic N) is 1. The monoisotopic (exact) mass is 629 g/mol. The summed E-state index contributed by atoms with van der Waals surface area (Å²) in [6, 6.07) is 21.0. The molecule has 0 bridgehead atoms. The molecule has 0 amide bonds. The van der Waals surface area contributed by atoms with Gasteiger partial charge in [-0.15, -0.1) is 0 Å². The fourth-order valence-electron chi connectivity index (χ4n) is 9.53. The molecule has 0 unspecified atom stereocenters. The van der Waals surface area contributed by atoms with Crippen LogP contribution in [0.5, 0.6) is 28.7 Å². The van der Waals surface area contributed by atoms with E-state index in [1.165, 1.54) is 23.3 Å². The molecule has 8 heteroatoms. The molecule has 4 aromatic carbocycles. The smallest absolute Gasteiger partial charge is 0.340 e. The second-order valence-electron chi connectivity index (χ2n) is 14.0. The van der Waals surface area contributed by atoms with Gasteiger partial charge in [0.1, 0.15) is 35.4 Å². The molecule has 0 saturated heterocycles. The minimum absolute atomic E-state index is 0.00444. The van der Waals surface area contributed by atoms with Crippen LogP contribution in [0.4, 0.5) is 0 Å². The average molecular weight is 630 g/mol. The van der Waals surface area contributed by atoms with Gasteiger partial charge in [-0.3, -0.25) is 0 Å². The first-order valence-electron chi connectivity index (χ1n) is 16.5. The topological polar surface area (TPSA) is 118 Å². The molecule has 1 spiro atoms. The highest BCUT2D eigenvalue weighted by atomic mass is 16.6. The Balaban J connectivity index is 1.00. The second kappa shape index (κ2) is 10.0. The van der Waals surface area contributed by atoms with Crippen molar-refractivity contribution in [3.63, 3.8) is 0 Å². The molecule has 5 aliphatic rings. The van der Waals surface area contributed by atoms with Crippen LogP contribution in [0.3, 0.4) is 0 Å². The summed E-state index contributed by atoms with van der Waals surface area (Å²) < 4.78 is 12.3. The lowest BCUT2D eigenvalue weighted by molar-refractivity contribution is 0.0224. The average Bonchev–Trinajstić information content (AvgIpc) is 3.54. The third-order valence-corrected chi connectivity index (χ3v) is 11.7. The molecule has 3 aliphatic carbocycles. The minimum atomic E-state index is -1.32. The predicted molar refractivity (Wildman–Crippen MR) is 173 cm³/mol. The summed E-state index contributed by atoms with van der Waals surface area (Å²) in [7, 11) is 0. The number of oxime groups is 1. The molecule has 2 aliphatic heterocycles. The van der Waals surface area contributed by atoms with E-state index in [2.05, 4.69) is 13.0 Å². The van der Waals surface area contributed by atoms with Crippen LogP contribution >= 0.6 is 0 Å². The Morgan fingerprint density at radius 2 is 1.55 bits per heavy atom. The molecule has 238 valence electrons. The van der Waals surface area contributed by atoms with E-state index in [0.717, 1.165) is 49.8 Å². The van der Waals surface area contributed by atoms with Crippen LogP contribution in [0.15, 0.2) is 78.0 Å². The van der Waals surface area contributed by atoms with E-state index in [9.17, 15) is 20.1 Å². The molecule has 0 aromatic heterocycles. The van der Waals surface area contributed by atoms with E-state index in [-0.39, 0.29) is 23.5 Å². The van der Waals surface area contributed by atoms with Gasteiger partial charge in [-0.2, -0.15) is 0 Å². The van der Waals surface area contributed by atoms with Crippen LogP contribution in [0, 0.1) is 17.3 Å². The van der Waals surface area contributed by atoms with Gasteiger partial charge in [-0.05, 0) is 121 Å². The number of carbonyl (C=O) groups excluding carboxylic acids is 1. The molecule has 9 rings (SSSR count). The molecule has 2 fully saturated rings. The van der Waals surface area contributed by atoms with Gasteiger partial charge in [-0.1, -0.05) is 24.2 Å². The van der Waals surface area contributed by atoms with Crippen LogP contribution in [0.2, 0.25) is 0 Å². The van der Waals surface area contributed by atoms with Crippen molar-refractivity contribution in [1.82, 2.24) is 0 Å². The summed E-state index contributed by atoms with van der Waals surface area (Å²) >= 11 is 0. The number of carbonyl (C=O) groups is 1. The Hall–Kier alpha value is -4.98. The fraction of sp³-hybridized carbons (Fsp3) is 0.333. The van der Waals surface area contributed by atoms with E-state index in [4.69, 9.17) is 19.5 Å². The number of phenols is 3. The van der Waals surface area contributed by atoms with Crippen molar-refractivity contribution in [3.8, 4) is 28.7 Å². The molecule has 4 aromatic rings. The molecular weight excluding hydrogens is 594 g/mol. The van der Waals surface area contributed by atoms with Gasteiger partial charge in [-0.25, -0.2) is 4.79 Å². The number of aromatic hydroxyl groups is 3. The van der Waals surface area contributed by atoms with Gasteiger partial charge in [0.15, 0.2) is 5.60 Å². The number of hydrogen-bond donors (Lipinski definition) is 3. The van der Waals surface area contributed by atoms with Crippen LogP contribution in [0.25, 0.3) is 0 Å². The highest BCUT2D eigenvalue weighted by molar-refractivity contribution is 5.97. The lowest BCUT2D eigenvalue weighted by Gasteiger charge is -2.49. The number of aryl methyl sites for hydroxylation is 1. The van der Waals surface area contributed by atoms with E-state index in [1.807, 2.05) is 24.3 Å². The summed E-state index contributed by atoms with van der Waals surface area (Å²) in [5.41, 5.74) is 5.64. The number of benzene rings is 4. The van der Waals surface area contributed by atoms with E-state index in [0.29, 0.717) is 57.3 Å². The zero-order valence-electron chi connectivity index (χ0n) is 26.0. The van der Waals surface area contributed by atoms with Crippen molar-refractivity contribution in [2.24, 2.45) is 22.4 Å². The van der Waals surface area contributed by atoms with Crippen molar-refractivity contribution in [1.29, 1.82) is 0 Å². The molecule has 3 N–H and O–H groups in total. The number of phenolic OH excluding ortho intramolecular Hbond substituents is 3. The van der Waals surface area contributed by atoms with Crippen molar-refractivity contribution in [2.75, 3.05) is 0 Å². The third kappa shape index (κ3) is 4.06. The van der Waals surface area contributed by atoms with Gasteiger partial charge in [0.05, 0.1) is 11.3 Å². The quantitative estimate of drug-likeness (QED) is 0.156. The van der Waals surface area contributed by atoms with Crippen molar-refractivity contribution < 1.29 is 34.4 Å². The van der Waals surface area contributed by atoms with Crippen LogP contribution < -0.4 is 4.74 Å². The molecular formula is C39H35NO7. The molecule has 2 saturated carbocycles. The van der Waals surface area contributed by atoms with Crippen LogP contribution in [-0.2, 0) is 28.2 Å². The first kappa shape index (κ1) is 28.3. The van der Waals surface area contributed by atoms with Gasteiger partial charge in [0.25, 0.3) is 0 Å². The SMILES string of the molecule is C[C@]12CC[C@@H]3c4ccc(O)cc4CC[C@H]3[C@@H]1CC/C2=N/OCc1ccc2c(c1)C1(OC2=O)c2ccc(O)cc2Oc2cc(O)ccc21. The van der Waals surface area contributed by atoms with Crippen LogP contribution in [-0.4, -0.2) is 27.0 Å². The Morgan fingerprint density at radius 1 is 0.830 bits per heavy atom. The Kier molecular flexibility index (Phi) is 6.02. The summed E-state index contributed by atoms with van der Waals surface area (Å²) in [6.45, 7) is 2.60. The van der Waals surface area contributed by atoms with Crippen molar-refractivity contribution in [3.05, 3.63) is 112 Å². The van der Waals surface area contributed by atoms with E-state index < -0.39 is 11.6 Å². The Bertz CT molecular complexity index is 1970. The normalized spacial score (nSPS) is 26.7. The van der Waals surface area contributed by atoms with Crippen molar-refractivity contribution in [2.45, 2.75) is 63.6 Å².